The Morgan fingerprint density at radius 2 is 2.21 bits per heavy atom. The van der Waals surface area contributed by atoms with Crippen molar-refractivity contribution < 1.29 is 5.11 Å². The first-order valence-electron chi connectivity index (χ1n) is 4.78. The Morgan fingerprint density at radius 1 is 1.50 bits per heavy atom. The fourth-order valence-corrected chi connectivity index (χ4v) is 2.34. The van der Waals surface area contributed by atoms with Crippen LogP contribution < -0.4 is 5.73 Å². The summed E-state index contributed by atoms with van der Waals surface area (Å²) in [6.07, 6.45) is 5.08. The van der Waals surface area contributed by atoms with Gasteiger partial charge in [-0.15, -0.1) is 11.8 Å². The van der Waals surface area contributed by atoms with Gasteiger partial charge in [0.1, 0.15) is 5.75 Å². The second kappa shape index (κ2) is 3.48. The van der Waals surface area contributed by atoms with Crippen LogP contribution in [0.4, 0.5) is 0 Å². The third-order valence-electron chi connectivity index (χ3n) is 2.71. The lowest BCUT2D eigenvalue weighted by atomic mass is 10.0. The molecular weight excluding hydrogens is 194 g/mol. The molecule has 1 fully saturated rings. The van der Waals surface area contributed by atoms with Gasteiger partial charge in [-0.3, -0.25) is 0 Å². The molecule has 0 radical (unpaired) electrons. The second-order valence-electron chi connectivity index (χ2n) is 4.01. The van der Waals surface area contributed by atoms with Gasteiger partial charge in [0, 0.05) is 5.54 Å². The molecule has 3 N–H and O–H groups in total. The van der Waals surface area contributed by atoms with Crippen LogP contribution in [0, 0.1) is 0 Å². The van der Waals surface area contributed by atoms with E-state index in [1.807, 2.05) is 12.3 Å². The van der Waals surface area contributed by atoms with Gasteiger partial charge in [-0.05, 0) is 37.1 Å². The average molecular weight is 209 g/mol. The van der Waals surface area contributed by atoms with Gasteiger partial charge in [-0.1, -0.05) is 12.1 Å². The zero-order chi connectivity index (χ0) is 10.2. The lowest BCUT2D eigenvalue weighted by molar-refractivity contribution is 0.460. The van der Waals surface area contributed by atoms with Gasteiger partial charge in [0.2, 0.25) is 0 Å². The summed E-state index contributed by atoms with van der Waals surface area (Å²) < 4.78 is 0. The smallest absolute Gasteiger partial charge is 0.129 e. The number of hydrogen-bond acceptors (Lipinski definition) is 3. The van der Waals surface area contributed by atoms with Gasteiger partial charge in [0.25, 0.3) is 0 Å². The Hall–Kier alpha value is -0.670. The third kappa shape index (κ3) is 1.88. The zero-order valence-corrected chi connectivity index (χ0v) is 9.10. The lowest BCUT2D eigenvalue weighted by Gasteiger charge is -2.12. The summed E-state index contributed by atoms with van der Waals surface area (Å²) in [4.78, 5) is 0.976. The highest BCUT2D eigenvalue weighted by molar-refractivity contribution is 7.98. The standard InChI is InChI=1S/C11H15NOS/c1-14-10-8(3-2-4-9(10)13)7-11(12)5-6-11/h2-4,13H,5-7,12H2,1H3. The van der Waals surface area contributed by atoms with Crippen LogP contribution in [-0.2, 0) is 6.42 Å². The first-order valence-corrected chi connectivity index (χ1v) is 6.01. The van der Waals surface area contributed by atoms with Crippen LogP contribution in [0.2, 0.25) is 0 Å². The molecule has 76 valence electrons. The maximum Gasteiger partial charge on any atom is 0.129 e. The molecule has 14 heavy (non-hydrogen) atoms. The molecule has 0 saturated heterocycles. The molecule has 1 aliphatic rings. The summed E-state index contributed by atoms with van der Waals surface area (Å²) in [6, 6.07) is 5.67. The van der Waals surface area contributed by atoms with Crippen molar-refractivity contribution in [3.05, 3.63) is 23.8 Å². The first-order chi connectivity index (χ1) is 6.64. The maximum atomic E-state index is 9.65. The molecular formula is C11H15NOS. The maximum absolute atomic E-state index is 9.65. The number of nitrogens with two attached hydrogens (primary N) is 1. The van der Waals surface area contributed by atoms with E-state index in [9.17, 15) is 5.11 Å². The summed E-state index contributed by atoms with van der Waals surface area (Å²) in [5.41, 5.74) is 7.25. The molecule has 1 aromatic carbocycles. The van der Waals surface area contributed by atoms with Crippen molar-refractivity contribution >= 4 is 11.8 Å². The molecule has 2 rings (SSSR count). The van der Waals surface area contributed by atoms with E-state index in [1.54, 1.807) is 17.8 Å². The third-order valence-corrected chi connectivity index (χ3v) is 3.59. The van der Waals surface area contributed by atoms with E-state index >= 15 is 0 Å². The van der Waals surface area contributed by atoms with Gasteiger partial charge >= 0.3 is 0 Å². The number of rotatable bonds is 3. The predicted octanol–water partition coefficient (Wildman–Crippen LogP) is 2.15. The van der Waals surface area contributed by atoms with Crippen molar-refractivity contribution in [2.45, 2.75) is 29.7 Å². The van der Waals surface area contributed by atoms with Crippen LogP contribution in [-0.4, -0.2) is 16.9 Å². The Labute approximate surface area is 88.5 Å². The van der Waals surface area contributed by atoms with Gasteiger partial charge in [-0.25, -0.2) is 0 Å². The van der Waals surface area contributed by atoms with Crippen LogP contribution in [0.5, 0.6) is 5.75 Å². The molecule has 3 heteroatoms. The molecule has 2 nitrogen and oxygen atoms in total. The van der Waals surface area contributed by atoms with E-state index < -0.39 is 0 Å². The number of thioether (sulfide) groups is 1. The van der Waals surface area contributed by atoms with E-state index in [1.165, 1.54) is 5.56 Å². The van der Waals surface area contributed by atoms with Crippen LogP contribution in [0.3, 0.4) is 0 Å². The van der Waals surface area contributed by atoms with E-state index in [-0.39, 0.29) is 5.54 Å². The fourth-order valence-electron chi connectivity index (χ4n) is 1.66. The van der Waals surface area contributed by atoms with Gasteiger partial charge < -0.3 is 10.8 Å². The molecule has 0 bridgehead atoms. The van der Waals surface area contributed by atoms with Crippen LogP contribution in [0.25, 0.3) is 0 Å². The van der Waals surface area contributed by atoms with Crippen molar-refractivity contribution in [2.75, 3.05) is 6.26 Å². The highest BCUT2D eigenvalue weighted by Gasteiger charge is 2.38. The lowest BCUT2D eigenvalue weighted by Crippen LogP contribution is -2.24. The Morgan fingerprint density at radius 3 is 2.79 bits per heavy atom. The summed E-state index contributed by atoms with van der Waals surface area (Å²) in [5.74, 6) is 0.374. The van der Waals surface area contributed by atoms with Crippen LogP contribution in [0.1, 0.15) is 18.4 Å². The average Bonchev–Trinajstić information content (AvgIpc) is 2.84. The van der Waals surface area contributed by atoms with E-state index in [0.717, 1.165) is 24.2 Å². The molecule has 0 aliphatic heterocycles. The van der Waals surface area contributed by atoms with Crippen LogP contribution in [0.15, 0.2) is 23.1 Å². The summed E-state index contributed by atoms with van der Waals surface area (Å²) in [5, 5.41) is 9.65. The monoisotopic (exact) mass is 209 g/mol. The normalized spacial score (nSPS) is 18.1. The summed E-state index contributed by atoms with van der Waals surface area (Å²) in [6.45, 7) is 0. The number of aromatic hydroxyl groups is 1. The number of benzene rings is 1. The molecule has 0 heterocycles. The van der Waals surface area contributed by atoms with Crippen molar-refractivity contribution in [1.29, 1.82) is 0 Å². The number of phenols is 1. The fraction of sp³-hybridized carbons (Fsp3) is 0.455. The summed E-state index contributed by atoms with van der Waals surface area (Å²) in [7, 11) is 0. The molecule has 1 saturated carbocycles. The quantitative estimate of drug-likeness (QED) is 0.750. The molecule has 0 unspecified atom stereocenters. The van der Waals surface area contributed by atoms with Crippen molar-refractivity contribution in [1.82, 2.24) is 0 Å². The van der Waals surface area contributed by atoms with Gasteiger partial charge in [0.05, 0.1) is 4.90 Å². The molecule has 0 spiro atoms. The number of phenolic OH excluding ortho intramolecular Hbond substituents is 1. The molecule has 0 amide bonds. The van der Waals surface area contributed by atoms with E-state index in [0.29, 0.717) is 5.75 Å². The minimum Gasteiger partial charge on any atom is -0.507 e. The highest BCUT2D eigenvalue weighted by atomic mass is 32.2. The van der Waals surface area contributed by atoms with Crippen LogP contribution >= 0.6 is 11.8 Å². The van der Waals surface area contributed by atoms with Gasteiger partial charge in [0.15, 0.2) is 0 Å². The van der Waals surface area contributed by atoms with E-state index in [4.69, 9.17) is 5.73 Å². The molecule has 0 aromatic heterocycles. The Balaban J connectivity index is 2.27. The second-order valence-corrected chi connectivity index (χ2v) is 4.83. The zero-order valence-electron chi connectivity index (χ0n) is 8.29. The Kier molecular flexibility index (Phi) is 2.45. The predicted molar refractivity (Wildman–Crippen MR) is 59.7 cm³/mol. The minimum atomic E-state index is 0.0122. The Bertz CT molecular complexity index is 347. The SMILES string of the molecule is CSc1c(O)cccc1CC1(N)CC1. The highest BCUT2D eigenvalue weighted by Crippen LogP contribution is 2.39. The summed E-state index contributed by atoms with van der Waals surface area (Å²) >= 11 is 1.58. The number of hydrogen-bond donors (Lipinski definition) is 2. The molecule has 1 aliphatic carbocycles. The molecule has 0 atom stereocenters. The van der Waals surface area contributed by atoms with Crippen molar-refractivity contribution in [2.24, 2.45) is 5.73 Å². The topological polar surface area (TPSA) is 46.2 Å². The molecule has 1 aromatic rings. The van der Waals surface area contributed by atoms with E-state index in [2.05, 4.69) is 6.07 Å². The van der Waals surface area contributed by atoms with Crippen molar-refractivity contribution in [3.63, 3.8) is 0 Å². The first kappa shape index (κ1) is 9.87. The van der Waals surface area contributed by atoms with Crippen molar-refractivity contribution in [3.8, 4) is 5.75 Å². The minimum absolute atomic E-state index is 0.0122. The largest absolute Gasteiger partial charge is 0.507 e. The van der Waals surface area contributed by atoms with Gasteiger partial charge in [-0.2, -0.15) is 0 Å².